The monoisotopic (exact) mass is 319 g/mol. The molecule has 5 nitrogen and oxygen atoms in total. The number of aromatic hydroxyl groups is 1. The Morgan fingerprint density at radius 1 is 1.27 bits per heavy atom. The molecule has 0 atom stereocenters. The maximum absolute atomic E-state index is 9.99. The van der Waals surface area contributed by atoms with Crippen LogP contribution in [0.4, 0.5) is 5.82 Å². The zero-order chi connectivity index (χ0) is 15.9. The Kier molecular flexibility index (Phi) is 3.70. The second kappa shape index (κ2) is 5.41. The smallest absolute Gasteiger partial charge is 0.149 e. The average Bonchev–Trinajstić information content (AvgIpc) is 2.38. The lowest BCUT2D eigenvalue weighted by Gasteiger charge is -2.41. The standard InChI is InChI=1S/C16H18ClN3O2/c1-9-5-14(18-11-7-16(2,22)8-11)19-20-15(9)12-4-3-10(17)6-13(12)21/h3-6,11,21-22H,7-8H2,1-2H3,(H,18,19)/t11-,16+. The first kappa shape index (κ1) is 15.1. The summed E-state index contributed by atoms with van der Waals surface area (Å²) in [5.74, 6) is 0.760. The minimum Gasteiger partial charge on any atom is -0.507 e. The van der Waals surface area contributed by atoms with Gasteiger partial charge in [-0.1, -0.05) is 11.6 Å². The van der Waals surface area contributed by atoms with Crippen LogP contribution in [0.3, 0.4) is 0 Å². The molecular formula is C16H18ClN3O2. The van der Waals surface area contributed by atoms with Crippen molar-refractivity contribution >= 4 is 17.4 Å². The minimum atomic E-state index is -0.574. The molecule has 1 fully saturated rings. The second-order valence-corrected chi connectivity index (χ2v) is 6.61. The largest absolute Gasteiger partial charge is 0.507 e. The fraction of sp³-hybridized carbons (Fsp3) is 0.375. The molecule has 6 heteroatoms. The van der Waals surface area contributed by atoms with Crippen LogP contribution in [0.5, 0.6) is 5.75 Å². The van der Waals surface area contributed by atoms with E-state index in [1.807, 2.05) is 19.9 Å². The van der Waals surface area contributed by atoms with Gasteiger partial charge in [-0.3, -0.25) is 0 Å². The molecule has 0 bridgehead atoms. The molecule has 1 aromatic carbocycles. The van der Waals surface area contributed by atoms with Crippen molar-refractivity contribution in [3.63, 3.8) is 0 Å². The third kappa shape index (κ3) is 3.00. The van der Waals surface area contributed by atoms with Gasteiger partial charge in [-0.25, -0.2) is 0 Å². The molecule has 0 saturated heterocycles. The highest BCUT2D eigenvalue weighted by Crippen LogP contribution is 2.35. The second-order valence-electron chi connectivity index (χ2n) is 6.17. The van der Waals surface area contributed by atoms with Crippen molar-refractivity contribution < 1.29 is 10.2 Å². The first-order valence-corrected chi connectivity index (χ1v) is 7.54. The summed E-state index contributed by atoms with van der Waals surface area (Å²) in [5, 5.41) is 31.8. The van der Waals surface area contributed by atoms with Gasteiger partial charge < -0.3 is 15.5 Å². The number of rotatable bonds is 3. The molecule has 0 spiro atoms. The van der Waals surface area contributed by atoms with E-state index >= 15 is 0 Å². The number of nitrogens with one attached hydrogen (secondary N) is 1. The quantitative estimate of drug-likeness (QED) is 0.810. The molecule has 2 aromatic rings. The topological polar surface area (TPSA) is 78.3 Å². The van der Waals surface area contributed by atoms with Crippen LogP contribution in [0.15, 0.2) is 24.3 Å². The van der Waals surface area contributed by atoms with Gasteiger partial charge in [0.1, 0.15) is 11.6 Å². The van der Waals surface area contributed by atoms with Gasteiger partial charge in [-0.2, -0.15) is 0 Å². The van der Waals surface area contributed by atoms with Crippen LogP contribution in [0.2, 0.25) is 5.02 Å². The summed E-state index contributed by atoms with van der Waals surface area (Å²) in [7, 11) is 0. The van der Waals surface area contributed by atoms with Crippen LogP contribution in [0, 0.1) is 6.92 Å². The Morgan fingerprint density at radius 2 is 2.00 bits per heavy atom. The minimum absolute atomic E-state index is 0.0839. The molecule has 0 unspecified atom stereocenters. The summed E-state index contributed by atoms with van der Waals surface area (Å²) in [6, 6.07) is 7.04. The fourth-order valence-corrected chi connectivity index (χ4v) is 3.01. The molecule has 22 heavy (non-hydrogen) atoms. The zero-order valence-electron chi connectivity index (χ0n) is 12.5. The van der Waals surface area contributed by atoms with Gasteiger partial charge in [0, 0.05) is 16.6 Å². The number of aryl methyl sites for hydroxylation is 1. The van der Waals surface area contributed by atoms with Crippen LogP contribution in [-0.2, 0) is 0 Å². The molecule has 0 radical (unpaired) electrons. The predicted molar refractivity (Wildman–Crippen MR) is 86.1 cm³/mol. The van der Waals surface area contributed by atoms with E-state index in [1.54, 1.807) is 12.1 Å². The molecule has 1 aliphatic carbocycles. The average molecular weight is 320 g/mol. The molecule has 3 N–H and O–H groups in total. The summed E-state index contributed by atoms with van der Waals surface area (Å²) in [6.45, 7) is 3.74. The van der Waals surface area contributed by atoms with Crippen LogP contribution >= 0.6 is 11.6 Å². The number of benzene rings is 1. The highest BCUT2D eigenvalue weighted by Gasteiger charge is 2.38. The highest BCUT2D eigenvalue weighted by atomic mass is 35.5. The van der Waals surface area contributed by atoms with Crippen LogP contribution in [-0.4, -0.2) is 32.1 Å². The van der Waals surface area contributed by atoms with Gasteiger partial charge in [0.25, 0.3) is 0 Å². The Bertz CT molecular complexity index is 711. The molecule has 116 valence electrons. The summed E-state index contributed by atoms with van der Waals surface area (Å²) in [6.07, 6.45) is 1.40. The van der Waals surface area contributed by atoms with Gasteiger partial charge in [0.2, 0.25) is 0 Å². The van der Waals surface area contributed by atoms with Gasteiger partial charge in [-0.15, -0.1) is 10.2 Å². The Hall–Kier alpha value is -1.85. The van der Waals surface area contributed by atoms with Crippen molar-refractivity contribution in [1.82, 2.24) is 10.2 Å². The van der Waals surface area contributed by atoms with Crippen molar-refractivity contribution in [3.05, 3.63) is 34.9 Å². The predicted octanol–water partition coefficient (Wildman–Crippen LogP) is 3.14. The third-order valence-corrected chi connectivity index (χ3v) is 4.16. The van der Waals surface area contributed by atoms with E-state index in [4.69, 9.17) is 11.6 Å². The molecule has 0 amide bonds. The molecule has 3 rings (SSSR count). The molecule has 1 aromatic heterocycles. The van der Waals surface area contributed by atoms with Crippen molar-refractivity contribution in [2.24, 2.45) is 0 Å². The van der Waals surface area contributed by atoms with E-state index in [2.05, 4.69) is 15.5 Å². The summed E-state index contributed by atoms with van der Waals surface area (Å²) < 4.78 is 0. The number of nitrogens with zero attached hydrogens (tertiary/aromatic N) is 2. The lowest BCUT2D eigenvalue weighted by atomic mass is 9.77. The van der Waals surface area contributed by atoms with Crippen LogP contribution in [0.25, 0.3) is 11.3 Å². The maximum atomic E-state index is 9.99. The van der Waals surface area contributed by atoms with E-state index in [1.165, 1.54) is 6.07 Å². The highest BCUT2D eigenvalue weighted by molar-refractivity contribution is 6.30. The Balaban J connectivity index is 1.80. The first-order valence-electron chi connectivity index (χ1n) is 7.16. The lowest BCUT2D eigenvalue weighted by molar-refractivity contribution is -0.0235. The van der Waals surface area contributed by atoms with Crippen molar-refractivity contribution in [3.8, 4) is 17.0 Å². The van der Waals surface area contributed by atoms with Crippen LogP contribution in [0.1, 0.15) is 25.3 Å². The molecule has 1 heterocycles. The number of phenols is 1. The number of hydrogen-bond donors (Lipinski definition) is 3. The van der Waals surface area contributed by atoms with Crippen molar-refractivity contribution in [1.29, 1.82) is 0 Å². The van der Waals surface area contributed by atoms with E-state index in [9.17, 15) is 10.2 Å². The van der Waals surface area contributed by atoms with E-state index in [-0.39, 0.29) is 11.8 Å². The van der Waals surface area contributed by atoms with Gasteiger partial charge in [0.05, 0.1) is 11.3 Å². The Morgan fingerprint density at radius 3 is 2.59 bits per heavy atom. The SMILES string of the molecule is Cc1cc(N[C@H]2C[C@@](C)(O)C2)nnc1-c1ccc(Cl)cc1O. The van der Waals surface area contributed by atoms with Crippen LogP contribution < -0.4 is 5.32 Å². The number of phenolic OH excluding ortho intramolecular Hbond substituents is 1. The normalized spacial score (nSPS) is 23.9. The summed E-state index contributed by atoms with van der Waals surface area (Å²) >= 11 is 5.85. The number of aliphatic hydroxyl groups is 1. The molecule has 1 saturated carbocycles. The molecule has 0 aliphatic heterocycles. The molecule has 1 aliphatic rings. The fourth-order valence-electron chi connectivity index (χ4n) is 2.84. The molecular weight excluding hydrogens is 302 g/mol. The zero-order valence-corrected chi connectivity index (χ0v) is 13.2. The Labute approximate surface area is 134 Å². The van der Waals surface area contributed by atoms with E-state index < -0.39 is 5.60 Å². The van der Waals surface area contributed by atoms with Gasteiger partial charge in [0.15, 0.2) is 0 Å². The van der Waals surface area contributed by atoms with E-state index in [0.29, 0.717) is 34.9 Å². The lowest BCUT2D eigenvalue weighted by Crippen LogP contribution is -2.48. The summed E-state index contributed by atoms with van der Waals surface area (Å²) in [4.78, 5) is 0. The first-order chi connectivity index (χ1) is 10.3. The maximum Gasteiger partial charge on any atom is 0.149 e. The van der Waals surface area contributed by atoms with Gasteiger partial charge >= 0.3 is 0 Å². The van der Waals surface area contributed by atoms with Gasteiger partial charge in [-0.05, 0) is 56.5 Å². The van der Waals surface area contributed by atoms with Crippen molar-refractivity contribution in [2.75, 3.05) is 5.32 Å². The number of anilines is 1. The summed E-state index contributed by atoms with van der Waals surface area (Å²) in [5.41, 5.74) is 1.56. The van der Waals surface area contributed by atoms with E-state index in [0.717, 1.165) is 5.56 Å². The van der Waals surface area contributed by atoms with Crippen molar-refractivity contribution in [2.45, 2.75) is 38.3 Å². The number of aromatic nitrogens is 2. The third-order valence-electron chi connectivity index (χ3n) is 3.92. The number of halogens is 1. The number of hydrogen-bond acceptors (Lipinski definition) is 5.